The highest BCUT2D eigenvalue weighted by atomic mass is 35.5. The van der Waals surface area contributed by atoms with Crippen molar-refractivity contribution in [3.63, 3.8) is 0 Å². The van der Waals surface area contributed by atoms with E-state index < -0.39 is 0 Å². The molecule has 1 aromatic carbocycles. The number of anilines is 1. The van der Waals surface area contributed by atoms with Crippen molar-refractivity contribution in [1.29, 1.82) is 0 Å². The van der Waals surface area contributed by atoms with E-state index >= 15 is 0 Å². The summed E-state index contributed by atoms with van der Waals surface area (Å²) in [6.45, 7) is 2.03. The molecule has 0 unspecified atom stereocenters. The van der Waals surface area contributed by atoms with Gasteiger partial charge in [-0.3, -0.25) is 0 Å². The molecule has 0 spiro atoms. The van der Waals surface area contributed by atoms with Crippen molar-refractivity contribution in [2.24, 2.45) is 0 Å². The third kappa shape index (κ3) is 2.03. The van der Waals surface area contributed by atoms with Gasteiger partial charge >= 0.3 is 0 Å². The monoisotopic (exact) mass is 290 g/mol. The van der Waals surface area contributed by atoms with Crippen molar-refractivity contribution >= 4 is 28.8 Å². The van der Waals surface area contributed by atoms with Crippen LogP contribution in [0.2, 0.25) is 5.02 Å². The SMILES string of the molecule is Cc1cscc1-c1onc(N)c1-c1ccccc1Cl. The predicted octanol–water partition coefficient (Wildman–Crippen LogP) is 4.61. The molecular formula is C14H11ClN2OS. The third-order valence-corrected chi connectivity index (χ3v) is 4.15. The van der Waals surface area contributed by atoms with Crippen molar-refractivity contribution in [2.45, 2.75) is 6.92 Å². The van der Waals surface area contributed by atoms with Crippen LogP contribution in [0.5, 0.6) is 0 Å². The second-order valence-corrected chi connectivity index (χ2v) is 5.37. The molecule has 0 aliphatic carbocycles. The Kier molecular flexibility index (Phi) is 3.05. The van der Waals surface area contributed by atoms with Crippen LogP contribution >= 0.6 is 22.9 Å². The van der Waals surface area contributed by atoms with Crippen LogP contribution in [0, 0.1) is 6.92 Å². The highest BCUT2D eigenvalue weighted by molar-refractivity contribution is 7.08. The molecule has 0 aliphatic heterocycles. The first-order valence-corrected chi connectivity index (χ1v) is 7.03. The van der Waals surface area contributed by atoms with Gasteiger partial charge in [0.2, 0.25) is 0 Å². The van der Waals surface area contributed by atoms with E-state index in [1.165, 1.54) is 0 Å². The van der Waals surface area contributed by atoms with Gasteiger partial charge in [-0.05, 0) is 23.9 Å². The van der Waals surface area contributed by atoms with Crippen LogP contribution in [-0.4, -0.2) is 5.16 Å². The number of halogens is 1. The molecule has 96 valence electrons. The second-order valence-electron chi connectivity index (χ2n) is 4.22. The van der Waals surface area contributed by atoms with Crippen molar-refractivity contribution in [1.82, 2.24) is 5.16 Å². The number of nitrogens with two attached hydrogens (primary N) is 1. The Labute approximate surface area is 119 Å². The standard InChI is InChI=1S/C14H11ClN2OS/c1-8-6-19-7-10(8)13-12(14(16)17-18-13)9-4-2-3-5-11(9)15/h2-7H,1H3,(H2,16,17). The Morgan fingerprint density at radius 3 is 2.68 bits per heavy atom. The summed E-state index contributed by atoms with van der Waals surface area (Å²) in [5.74, 6) is 1.03. The topological polar surface area (TPSA) is 52.0 Å². The summed E-state index contributed by atoms with van der Waals surface area (Å²) < 4.78 is 5.40. The van der Waals surface area contributed by atoms with Gasteiger partial charge in [0.1, 0.15) is 0 Å². The normalized spacial score (nSPS) is 10.8. The van der Waals surface area contributed by atoms with Crippen LogP contribution in [0.25, 0.3) is 22.5 Å². The molecule has 2 heterocycles. The van der Waals surface area contributed by atoms with Gasteiger partial charge < -0.3 is 10.3 Å². The minimum atomic E-state index is 0.355. The summed E-state index contributed by atoms with van der Waals surface area (Å²) in [5, 5.41) is 8.59. The van der Waals surface area contributed by atoms with Gasteiger partial charge in [-0.15, -0.1) is 0 Å². The molecule has 0 aliphatic rings. The van der Waals surface area contributed by atoms with Gasteiger partial charge in [-0.25, -0.2) is 0 Å². The summed E-state index contributed by atoms with van der Waals surface area (Å²) >= 11 is 7.86. The van der Waals surface area contributed by atoms with Gasteiger partial charge in [0.05, 0.1) is 5.56 Å². The first kappa shape index (κ1) is 12.3. The minimum Gasteiger partial charge on any atom is -0.380 e. The third-order valence-electron chi connectivity index (χ3n) is 2.96. The maximum absolute atomic E-state index is 6.24. The molecular weight excluding hydrogens is 280 g/mol. The quantitative estimate of drug-likeness (QED) is 0.749. The number of nitrogen functional groups attached to an aromatic ring is 1. The number of rotatable bonds is 2. The molecule has 3 rings (SSSR count). The fourth-order valence-corrected chi connectivity index (χ4v) is 3.06. The summed E-state index contributed by atoms with van der Waals surface area (Å²) in [6.07, 6.45) is 0. The molecule has 0 saturated carbocycles. The molecule has 3 nitrogen and oxygen atoms in total. The molecule has 2 aromatic heterocycles. The largest absolute Gasteiger partial charge is 0.380 e. The molecule has 0 radical (unpaired) electrons. The number of thiophene rings is 1. The van der Waals surface area contributed by atoms with Crippen molar-refractivity contribution in [2.75, 3.05) is 5.73 Å². The first-order valence-electron chi connectivity index (χ1n) is 5.71. The van der Waals surface area contributed by atoms with Crippen LogP contribution in [0.4, 0.5) is 5.82 Å². The molecule has 19 heavy (non-hydrogen) atoms. The molecule has 0 atom stereocenters. The maximum Gasteiger partial charge on any atom is 0.178 e. The van der Waals surface area contributed by atoms with E-state index in [0.717, 1.165) is 22.3 Å². The van der Waals surface area contributed by atoms with E-state index in [9.17, 15) is 0 Å². The molecule has 5 heteroatoms. The van der Waals surface area contributed by atoms with Crippen molar-refractivity contribution in [3.8, 4) is 22.5 Å². The Morgan fingerprint density at radius 2 is 2.00 bits per heavy atom. The molecule has 0 amide bonds. The van der Waals surface area contributed by atoms with E-state index in [1.54, 1.807) is 11.3 Å². The van der Waals surface area contributed by atoms with Gasteiger partial charge in [0.15, 0.2) is 11.6 Å². The lowest BCUT2D eigenvalue weighted by molar-refractivity contribution is 0.436. The minimum absolute atomic E-state index is 0.355. The second kappa shape index (κ2) is 4.72. The van der Waals surface area contributed by atoms with E-state index in [-0.39, 0.29) is 0 Å². The summed E-state index contributed by atoms with van der Waals surface area (Å²) in [6, 6.07) is 7.53. The first-order chi connectivity index (χ1) is 9.18. The highest BCUT2D eigenvalue weighted by Crippen LogP contribution is 2.41. The van der Waals surface area contributed by atoms with Crippen LogP contribution in [0.1, 0.15) is 5.56 Å². The summed E-state index contributed by atoms with van der Waals surface area (Å²) in [7, 11) is 0. The lowest BCUT2D eigenvalue weighted by Crippen LogP contribution is -1.89. The number of nitrogens with zero attached hydrogens (tertiary/aromatic N) is 1. The average molecular weight is 291 g/mol. The lowest BCUT2D eigenvalue weighted by Gasteiger charge is -2.04. The van der Waals surface area contributed by atoms with Gasteiger partial charge in [-0.2, -0.15) is 11.3 Å². The molecule has 0 bridgehead atoms. The average Bonchev–Trinajstić information content (AvgIpc) is 2.96. The number of hydrogen-bond donors (Lipinski definition) is 1. The van der Waals surface area contributed by atoms with Crippen LogP contribution in [0.3, 0.4) is 0 Å². The number of benzene rings is 1. The van der Waals surface area contributed by atoms with Crippen molar-refractivity contribution < 1.29 is 4.52 Å². The number of aromatic nitrogens is 1. The maximum atomic E-state index is 6.24. The lowest BCUT2D eigenvalue weighted by atomic mass is 10.0. The molecule has 3 aromatic rings. The fraction of sp³-hybridized carbons (Fsp3) is 0.0714. The van der Waals surface area contributed by atoms with Crippen LogP contribution in [-0.2, 0) is 0 Å². The zero-order valence-corrected chi connectivity index (χ0v) is 11.8. The van der Waals surface area contributed by atoms with Gasteiger partial charge in [-0.1, -0.05) is 35.0 Å². The Balaban J connectivity index is 2.26. The molecule has 2 N–H and O–H groups in total. The van der Waals surface area contributed by atoms with Gasteiger partial charge in [0.25, 0.3) is 0 Å². The molecule has 0 fully saturated rings. The Hall–Kier alpha value is -1.78. The van der Waals surface area contributed by atoms with Crippen LogP contribution < -0.4 is 5.73 Å². The smallest absolute Gasteiger partial charge is 0.178 e. The van der Waals surface area contributed by atoms with E-state index in [4.69, 9.17) is 21.9 Å². The van der Waals surface area contributed by atoms with E-state index in [0.29, 0.717) is 16.6 Å². The van der Waals surface area contributed by atoms with Crippen LogP contribution in [0.15, 0.2) is 39.5 Å². The predicted molar refractivity (Wildman–Crippen MR) is 79.4 cm³/mol. The summed E-state index contributed by atoms with van der Waals surface area (Å²) in [4.78, 5) is 0. The molecule has 0 saturated heterocycles. The number of aryl methyl sites for hydroxylation is 1. The Morgan fingerprint density at radius 1 is 1.21 bits per heavy atom. The van der Waals surface area contributed by atoms with E-state index in [1.807, 2.05) is 36.6 Å². The Bertz CT molecular complexity index is 733. The zero-order valence-electron chi connectivity index (χ0n) is 10.2. The number of hydrogen-bond acceptors (Lipinski definition) is 4. The fourth-order valence-electron chi connectivity index (χ4n) is 2.00. The van der Waals surface area contributed by atoms with Crippen molar-refractivity contribution in [3.05, 3.63) is 45.6 Å². The zero-order chi connectivity index (χ0) is 13.4. The highest BCUT2D eigenvalue weighted by Gasteiger charge is 2.21. The summed E-state index contributed by atoms with van der Waals surface area (Å²) in [5.41, 5.74) is 9.67. The van der Waals surface area contributed by atoms with Gasteiger partial charge in [0, 0.05) is 21.5 Å². The van der Waals surface area contributed by atoms with E-state index in [2.05, 4.69) is 10.5 Å².